The quantitative estimate of drug-likeness (QED) is 0.560. The van der Waals surface area contributed by atoms with Gasteiger partial charge in [-0.05, 0) is 49.2 Å². The molecule has 18 heavy (non-hydrogen) atoms. The number of piperidine rings is 1. The topological polar surface area (TPSA) is 69.7 Å². The number of nitrogen functional groups attached to an aromatic ring is 1. The molecular weight excluding hydrogens is 228 g/mol. The molecule has 4 N–H and O–H groups in total. The van der Waals surface area contributed by atoms with E-state index in [0.29, 0.717) is 18.7 Å². The highest BCUT2D eigenvalue weighted by Crippen LogP contribution is 2.20. The number of nitrogens with zero attached hydrogens (tertiary/aromatic N) is 1. The van der Waals surface area contributed by atoms with Gasteiger partial charge in [-0.3, -0.25) is 0 Å². The van der Waals surface area contributed by atoms with Crippen molar-refractivity contribution < 1.29 is 10.2 Å². The largest absolute Gasteiger partial charge is 0.508 e. The van der Waals surface area contributed by atoms with Crippen LogP contribution in [0.3, 0.4) is 0 Å². The van der Waals surface area contributed by atoms with Gasteiger partial charge in [-0.1, -0.05) is 6.08 Å². The van der Waals surface area contributed by atoms with Crippen molar-refractivity contribution in [3.05, 3.63) is 36.0 Å². The number of hydrogen-bond donors (Lipinski definition) is 3. The van der Waals surface area contributed by atoms with Crippen LogP contribution in [0, 0.1) is 0 Å². The van der Waals surface area contributed by atoms with Gasteiger partial charge in [0.25, 0.3) is 0 Å². The van der Waals surface area contributed by atoms with E-state index in [0.717, 1.165) is 24.9 Å². The lowest BCUT2D eigenvalue weighted by Gasteiger charge is -2.28. The van der Waals surface area contributed by atoms with Gasteiger partial charge in [0.1, 0.15) is 5.75 Å². The van der Waals surface area contributed by atoms with Crippen LogP contribution in [-0.4, -0.2) is 34.3 Å². The molecule has 1 fully saturated rings. The lowest BCUT2D eigenvalue weighted by molar-refractivity contribution is 0.0940. The van der Waals surface area contributed by atoms with Crippen LogP contribution in [-0.2, 0) is 6.42 Å². The Labute approximate surface area is 107 Å². The molecule has 1 aliphatic heterocycles. The fraction of sp³-hybridized carbons (Fsp3) is 0.429. The third-order valence-electron chi connectivity index (χ3n) is 3.19. The zero-order chi connectivity index (χ0) is 13.0. The summed E-state index contributed by atoms with van der Waals surface area (Å²) in [7, 11) is 0. The van der Waals surface area contributed by atoms with Crippen molar-refractivity contribution in [1.29, 1.82) is 0 Å². The van der Waals surface area contributed by atoms with Crippen LogP contribution in [0.1, 0.15) is 18.4 Å². The Hall–Kier alpha value is -1.68. The summed E-state index contributed by atoms with van der Waals surface area (Å²) < 4.78 is 0. The van der Waals surface area contributed by atoms with E-state index in [-0.39, 0.29) is 11.9 Å². The third kappa shape index (κ3) is 3.40. The monoisotopic (exact) mass is 248 g/mol. The van der Waals surface area contributed by atoms with Crippen molar-refractivity contribution in [2.45, 2.75) is 25.4 Å². The number of phenols is 1. The van der Waals surface area contributed by atoms with Crippen LogP contribution < -0.4 is 5.73 Å². The van der Waals surface area contributed by atoms with Crippen LogP contribution in [0.25, 0.3) is 0 Å². The summed E-state index contributed by atoms with van der Waals surface area (Å²) >= 11 is 0. The molecule has 0 saturated carbocycles. The number of anilines is 1. The average molecular weight is 248 g/mol. The summed E-state index contributed by atoms with van der Waals surface area (Å²) in [6.45, 7) is 1.68. The second-order valence-electron chi connectivity index (χ2n) is 4.77. The van der Waals surface area contributed by atoms with Crippen molar-refractivity contribution in [3.63, 3.8) is 0 Å². The van der Waals surface area contributed by atoms with E-state index >= 15 is 0 Å². The first kappa shape index (κ1) is 12.8. The molecule has 0 aromatic heterocycles. The van der Waals surface area contributed by atoms with Gasteiger partial charge < -0.3 is 20.8 Å². The van der Waals surface area contributed by atoms with Gasteiger partial charge in [-0.25, -0.2) is 0 Å². The first-order valence-corrected chi connectivity index (χ1v) is 6.31. The number of phenolic OH excluding ortho intramolecular Hbond substituents is 1. The Morgan fingerprint density at radius 2 is 2.28 bits per heavy atom. The Morgan fingerprint density at radius 3 is 3.06 bits per heavy atom. The predicted octanol–water partition coefficient (Wildman–Crippen LogP) is 1.49. The fourth-order valence-electron chi connectivity index (χ4n) is 2.22. The number of allylic oxidation sites excluding steroid dienone is 1. The summed E-state index contributed by atoms with van der Waals surface area (Å²) in [5, 5.41) is 19.2. The number of likely N-dealkylation sites (tertiary alicyclic amines) is 1. The average Bonchev–Trinajstić information content (AvgIpc) is 2.34. The highest BCUT2D eigenvalue weighted by molar-refractivity contribution is 5.47. The van der Waals surface area contributed by atoms with Crippen molar-refractivity contribution in [2.24, 2.45) is 0 Å². The highest BCUT2D eigenvalue weighted by atomic mass is 16.3. The molecule has 1 heterocycles. The van der Waals surface area contributed by atoms with Gasteiger partial charge in [0.15, 0.2) is 0 Å². The molecule has 4 heteroatoms. The normalized spacial score (nSPS) is 20.5. The molecule has 1 atom stereocenters. The van der Waals surface area contributed by atoms with Crippen molar-refractivity contribution in [3.8, 4) is 5.75 Å². The third-order valence-corrected chi connectivity index (χ3v) is 3.19. The maximum absolute atomic E-state index is 9.67. The number of rotatable bonds is 3. The highest BCUT2D eigenvalue weighted by Gasteiger charge is 2.14. The molecule has 1 aromatic carbocycles. The van der Waals surface area contributed by atoms with E-state index in [1.54, 1.807) is 18.2 Å². The Balaban J connectivity index is 1.92. The Kier molecular flexibility index (Phi) is 4.10. The van der Waals surface area contributed by atoms with E-state index in [1.807, 2.05) is 12.3 Å². The summed E-state index contributed by atoms with van der Waals surface area (Å²) in [5.74, 6) is 0.271. The molecular formula is C14H20N2O2. The smallest absolute Gasteiger partial charge is 0.119 e. The molecule has 98 valence electrons. The number of nitrogens with two attached hydrogens (primary N) is 1. The maximum atomic E-state index is 9.67. The first-order chi connectivity index (χ1) is 8.65. The molecule has 0 aliphatic carbocycles. The van der Waals surface area contributed by atoms with E-state index in [2.05, 4.69) is 4.90 Å². The van der Waals surface area contributed by atoms with Gasteiger partial charge in [0, 0.05) is 18.8 Å². The molecule has 4 nitrogen and oxygen atoms in total. The van der Waals surface area contributed by atoms with E-state index in [1.165, 1.54) is 0 Å². The number of aliphatic hydroxyl groups excluding tert-OH is 1. The zero-order valence-electron chi connectivity index (χ0n) is 10.4. The second-order valence-corrected chi connectivity index (χ2v) is 4.77. The summed E-state index contributed by atoms with van der Waals surface area (Å²) in [4.78, 5) is 2.11. The SMILES string of the molecule is Nc1ccc(O)c(CC=CN2CCCC(O)C2)c1. The maximum Gasteiger partial charge on any atom is 0.119 e. The minimum atomic E-state index is -0.218. The summed E-state index contributed by atoms with van der Waals surface area (Å²) in [6, 6.07) is 5.08. The molecule has 1 saturated heterocycles. The Morgan fingerprint density at radius 1 is 1.44 bits per heavy atom. The Bertz CT molecular complexity index is 432. The predicted molar refractivity (Wildman–Crippen MR) is 72.2 cm³/mol. The van der Waals surface area contributed by atoms with Crippen LogP contribution >= 0.6 is 0 Å². The summed E-state index contributed by atoms with van der Waals surface area (Å²) in [6.07, 6.45) is 6.32. The minimum Gasteiger partial charge on any atom is -0.508 e. The van der Waals surface area contributed by atoms with E-state index < -0.39 is 0 Å². The van der Waals surface area contributed by atoms with Crippen LogP contribution in [0.15, 0.2) is 30.5 Å². The molecule has 0 amide bonds. The van der Waals surface area contributed by atoms with Gasteiger partial charge in [0.2, 0.25) is 0 Å². The van der Waals surface area contributed by atoms with Gasteiger partial charge in [-0.15, -0.1) is 0 Å². The number of aromatic hydroxyl groups is 1. The lowest BCUT2D eigenvalue weighted by atomic mass is 10.1. The molecule has 1 unspecified atom stereocenters. The lowest BCUT2D eigenvalue weighted by Crippen LogP contribution is -2.34. The van der Waals surface area contributed by atoms with Crippen molar-refractivity contribution in [2.75, 3.05) is 18.8 Å². The molecule has 1 aliphatic rings. The van der Waals surface area contributed by atoms with Gasteiger partial charge in [0.05, 0.1) is 6.10 Å². The van der Waals surface area contributed by atoms with Crippen LogP contribution in [0.5, 0.6) is 5.75 Å². The minimum absolute atomic E-state index is 0.218. The van der Waals surface area contributed by atoms with Crippen LogP contribution in [0.2, 0.25) is 0 Å². The molecule has 0 bridgehead atoms. The molecule has 0 spiro atoms. The number of benzene rings is 1. The van der Waals surface area contributed by atoms with E-state index in [4.69, 9.17) is 5.73 Å². The molecule has 2 rings (SSSR count). The molecule has 0 radical (unpaired) electrons. The molecule has 1 aromatic rings. The number of aliphatic hydroxyl groups is 1. The van der Waals surface area contributed by atoms with Gasteiger partial charge in [-0.2, -0.15) is 0 Å². The first-order valence-electron chi connectivity index (χ1n) is 6.31. The fourth-order valence-corrected chi connectivity index (χ4v) is 2.22. The number of hydrogen-bond acceptors (Lipinski definition) is 4. The standard InChI is InChI=1S/C14H20N2O2/c15-12-5-6-14(18)11(9-12)3-1-7-16-8-2-4-13(17)10-16/h1,5-7,9,13,17-18H,2-4,8,10,15H2. The van der Waals surface area contributed by atoms with Crippen LogP contribution in [0.4, 0.5) is 5.69 Å². The van der Waals surface area contributed by atoms with Gasteiger partial charge >= 0.3 is 0 Å². The van der Waals surface area contributed by atoms with Crippen molar-refractivity contribution in [1.82, 2.24) is 4.90 Å². The second kappa shape index (κ2) is 5.78. The van der Waals surface area contributed by atoms with E-state index in [9.17, 15) is 10.2 Å². The number of β-amino-alcohol motifs (C(OH)–C–C–N with tert-alkyl or cyclic N) is 1. The summed E-state index contributed by atoms with van der Waals surface area (Å²) in [5.41, 5.74) is 7.16. The van der Waals surface area contributed by atoms with Crippen molar-refractivity contribution >= 4 is 5.69 Å². The zero-order valence-corrected chi connectivity index (χ0v) is 10.4.